The molecule has 0 aliphatic carbocycles. The summed E-state index contributed by atoms with van der Waals surface area (Å²) in [6, 6.07) is 20.2. The Morgan fingerprint density at radius 1 is 0.842 bits per heavy atom. The number of alkyl halides is 2. The highest BCUT2D eigenvalue weighted by molar-refractivity contribution is 6.45. The molecule has 0 aromatic heterocycles. The van der Waals surface area contributed by atoms with Crippen LogP contribution in [0.15, 0.2) is 60.7 Å². The first kappa shape index (κ1) is 15.5. The number of hydrogen-bond donors (Lipinski definition) is 1. The van der Waals surface area contributed by atoms with Crippen molar-refractivity contribution in [3.05, 3.63) is 71.8 Å². The maximum atomic E-state index is 8.35. The van der Waals surface area contributed by atoms with Crippen molar-refractivity contribution in [2.75, 3.05) is 0 Å². The second-order valence-electron chi connectivity index (χ2n) is 3.74. The van der Waals surface area contributed by atoms with Crippen LogP contribution in [0.1, 0.15) is 17.0 Å². The van der Waals surface area contributed by atoms with Gasteiger partial charge in [-0.25, -0.2) is 10.2 Å². The van der Waals surface area contributed by atoms with E-state index in [2.05, 4.69) is 24.3 Å². The number of benzene rings is 2. The predicted molar refractivity (Wildman–Crippen MR) is 78.6 cm³/mol. The van der Waals surface area contributed by atoms with Gasteiger partial charge in [0.1, 0.15) is 4.84 Å². The van der Waals surface area contributed by atoms with E-state index in [1.54, 1.807) is 0 Å². The Kier molecular flexibility index (Phi) is 6.91. The van der Waals surface area contributed by atoms with Crippen molar-refractivity contribution in [2.45, 2.75) is 10.8 Å². The fourth-order valence-electron chi connectivity index (χ4n) is 1.80. The van der Waals surface area contributed by atoms with Crippen LogP contribution in [0.25, 0.3) is 0 Å². The molecule has 4 heteroatoms. The largest absolute Gasteiger partial charge is 0.231 e. The molecule has 0 spiro atoms. The van der Waals surface area contributed by atoms with E-state index >= 15 is 0 Å². The number of halogens is 2. The van der Waals surface area contributed by atoms with E-state index in [0.29, 0.717) is 0 Å². The number of isocyanates is 1. The summed E-state index contributed by atoms with van der Waals surface area (Å²) >= 11 is 12.2. The first-order valence-electron chi connectivity index (χ1n) is 5.62. The number of carbonyl (C=O) groups excluding carboxylic acids is 1. The summed E-state index contributed by atoms with van der Waals surface area (Å²) in [6.07, 6.45) is 0.750. The Bertz CT molecular complexity index is 469. The van der Waals surface area contributed by atoms with Gasteiger partial charge in [-0.15, -0.1) is 23.2 Å². The van der Waals surface area contributed by atoms with Gasteiger partial charge in [-0.1, -0.05) is 60.7 Å². The Morgan fingerprint density at radius 2 is 1.16 bits per heavy atom. The second kappa shape index (κ2) is 8.49. The van der Waals surface area contributed by atoms with E-state index < -0.39 is 4.84 Å². The van der Waals surface area contributed by atoms with E-state index in [4.69, 9.17) is 33.4 Å². The van der Waals surface area contributed by atoms with Gasteiger partial charge in [0.25, 0.3) is 0 Å². The van der Waals surface area contributed by atoms with Gasteiger partial charge in [0.15, 0.2) is 0 Å². The monoisotopic (exact) mass is 293 g/mol. The zero-order valence-corrected chi connectivity index (χ0v) is 11.6. The molecule has 2 aromatic rings. The van der Waals surface area contributed by atoms with Crippen LogP contribution in [0, 0.1) is 5.41 Å². The molecule has 0 aliphatic heterocycles. The maximum absolute atomic E-state index is 8.35. The minimum absolute atomic E-state index is 0.0331. The fraction of sp³-hybridized carbons (Fsp3) is 0.133. The SMILES string of the molecule is ClC(Cl)C(c1ccccc1)c1ccccc1.N=C=O. The smallest absolute Gasteiger partial charge is 0.222 e. The summed E-state index contributed by atoms with van der Waals surface area (Å²) in [7, 11) is 0. The van der Waals surface area contributed by atoms with Crippen molar-refractivity contribution in [3.8, 4) is 0 Å². The lowest BCUT2D eigenvalue weighted by atomic mass is 9.93. The van der Waals surface area contributed by atoms with Crippen LogP contribution in [-0.2, 0) is 4.79 Å². The van der Waals surface area contributed by atoms with Crippen molar-refractivity contribution in [1.82, 2.24) is 0 Å². The lowest BCUT2D eigenvalue weighted by Crippen LogP contribution is -2.08. The summed E-state index contributed by atoms with van der Waals surface area (Å²) in [5.41, 5.74) is 2.28. The van der Waals surface area contributed by atoms with Crippen LogP contribution in [0.5, 0.6) is 0 Å². The van der Waals surface area contributed by atoms with Gasteiger partial charge in [-0.2, -0.15) is 0 Å². The van der Waals surface area contributed by atoms with E-state index in [-0.39, 0.29) is 5.92 Å². The minimum Gasteiger partial charge on any atom is -0.222 e. The first-order chi connectivity index (χ1) is 9.20. The summed E-state index contributed by atoms with van der Waals surface area (Å²) in [4.78, 5) is 7.91. The molecule has 0 aliphatic rings. The normalized spacial score (nSPS) is 9.68. The molecule has 2 rings (SSSR count). The molecular formula is C15H13Cl2NO. The van der Waals surface area contributed by atoms with Crippen molar-refractivity contribution in [2.24, 2.45) is 0 Å². The van der Waals surface area contributed by atoms with Crippen LogP contribution >= 0.6 is 23.2 Å². The standard InChI is InChI=1S/C14H12Cl2.CHNO/c15-14(16)13(11-7-3-1-4-8-11)12-9-5-2-6-10-12;2-1-3/h1-10,13-14H;2H. The van der Waals surface area contributed by atoms with E-state index in [1.807, 2.05) is 36.4 Å². The summed E-state index contributed by atoms with van der Waals surface area (Å²) < 4.78 is 0. The Balaban J connectivity index is 0.000000550. The molecule has 0 saturated heterocycles. The quantitative estimate of drug-likeness (QED) is 0.504. The third-order valence-corrected chi connectivity index (χ3v) is 3.07. The van der Waals surface area contributed by atoms with Gasteiger partial charge in [0, 0.05) is 5.92 Å². The molecule has 0 heterocycles. The lowest BCUT2D eigenvalue weighted by Gasteiger charge is -2.18. The van der Waals surface area contributed by atoms with Crippen molar-refractivity contribution in [1.29, 1.82) is 5.41 Å². The van der Waals surface area contributed by atoms with Crippen LogP contribution in [-0.4, -0.2) is 10.9 Å². The van der Waals surface area contributed by atoms with Crippen LogP contribution < -0.4 is 0 Å². The molecule has 0 bridgehead atoms. The molecular weight excluding hydrogens is 281 g/mol. The molecule has 19 heavy (non-hydrogen) atoms. The van der Waals surface area contributed by atoms with Gasteiger partial charge in [-0.3, -0.25) is 0 Å². The summed E-state index contributed by atoms with van der Waals surface area (Å²) in [5.74, 6) is 0.0331. The van der Waals surface area contributed by atoms with Crippen LogP contribution in [0.3, 0.4) is 0 Å². The molecule has 0 saturated carbocycles. The maximum Gasteiger partial charge on any atom is 0.231 e. The van der Waals surface area contributed by atoms with E-state index in [1.165, 1.54) is 0 Å². The fourth-order valence-corrected chi connectivity index (χ4v) is 2.39. The molecule has 0 unspecified atom stereocenters. The van der Waals surface area contributed by atoms with Crippen LogP contribution in [0.2, 0.25) is 0 Å². The zero-order valence-electron chi connectivity index (χ0n) is 10.1. The topological polar surface area (TPSA) is 40.9 Å². The molecule has 2 nitrogen and oxygen atoms in total. The minimum atomic E-state index is -0.440. The van der Waals surface area contributed by atoms with E-state index in [0.717, 1.165) is 17.2 Å². The zero-order chi connectivity index (χ0) is 14.1. The molecule has 0 radical (unpaired) electrons. The lowest BCUT2D eigenvalue weighted by molar-refractivity contribution is 0.563. The number of hydrogen-bond acceptors (Lipinski definition) is 2. The average molecular weight is 294 g/mol. The molecule has 98 valence electrons. The highest BCUT2D eigenvalue weighted by atomic mass is 35.5. The third kappa shape index (κ3) is 4.88. The van der Waals surface area contributed by atoms with Crippen molar-refractivity contribution < 1.29 is 4.79 Å². The van der Waals surface area contributed by atoms with Gasteiger partial charge in [0.2, 0.25) is 6.08 Å². The molecule has 0 fully saturated rings. The van der Waals surface area contributed by atoms with Crippen LogP contribution in [0.4, 0.5) is 0 Å². The van der Waals surface area contributed by atoms with Gasteiger partial charge in [-0.05, 0) is 11.1 Å². The Labute approximate surface area is 122 Å². The molecule has 0 atom stereocenters. The Morgan fingerprint density at radius 3 is 1.42 bits per heavy atom. The first-order valence-corrected chi connectivity index (χ1v) is 6.50. The predicted octanol–water partition coefficient (Wildman–Crippen LogP) is 4.52. The number of rotatable bonds is 3. The van der Waals surface area contributed by atoms with Crippen molar-refractivity contribution in [3.63, 3.8) is 0 Å². The van der Waals surface area contributed by atoms with Gasteiger partial charge in [0.05, 0.1) is 0 Å². The van der Waals surface area contributed by atoms with Crippen molar-refractivity contribution >= 4 is 29.3 Å². The molecule has 2 aromatic carbocycles. The van der Waals surface area contributed by atoms with Gasteiger partial charge < -0.3 is 0 Å². The Hall–Kier alpha value is -1.60. The summed E-state index contributed by atoms with van der Waals surface area (Å²) in [6.45, 7) is 0. The van der Waals surface area contributed by atoms with Gasteiger partial charge >= 0.3 is 0 Å². The third-order valence-electron chi connectivity index (χ3n) is 2.57. The van der Waals surface area contributed by atoms with E-state index in [9.17, 15) is 0 Å². The molecule has 1 N–H and O–H groups in total. The highest BCUT2D eigenvalue weighted by Gasteiger charge is 2.20. The average Bonchev–Trinajstić information content (AvgIpc) is 2.42. The second-order valence-corrected chi connectivity index (χ2v) is 4.90. The highest BCUT2D eigenvalue weighted by Crippen LogP contribution is 2.32. The summed E-state index contributed by atoms with van der Waals surface area (Å²) in [5, 5.41) is 5.40. The number of nitrogens with one attached hydrogen (secondary N) is 1. The molecule has 0 amide bonds.